The van der Waals surface area contributed by atoms with Crippen molar-refractivity contribution in [3.8, 4) is 6.07 Å². The van der Waals surface area contributed by atoms with Gasteiger partial charge in [0, 0.05) is 36.7 Å². The smallest absolute Gasteiger partial charge is 0.271 e. The van der Waals surface area contributed by atoms with Crippen LogP contribution in [0.3, 0.4) is 0 Å². The van der Waals surface area contributed by atoms with E-state index in [-0.39, 0.29) is 53.9 Å². The number of fused-ring (bicyclic) bond motifs is 8. The lowest BCUT2D eigenvalue weighted by Gasteiger charge is -2.35. The number of nitrogens with one attached hydrogen (secondary N) is 2. The lowest BCUT2D eigenvalue weighted by atomic mass is 9.77. The minimum absolute atomic E-state index is 0.00441. The van der Waals surface area contributed by atoms with E-state index in [9.17, 15) is 28.4 Å². The number of amides is 3. The van der Waals surface area contributed by atoms with Crippen LogP contribution in [0, 0.1) is 46.6 Å². The Balaban J connectivity index is 1.18. The molecule has 4 heterocycles. The molecule has 8 rings (SSSR count). The number of nitriles is 1. The summed E-state index contributed by atoms with van der Waals surface area (Å²) >= 11 is 0. The average Bonchev–Trinajstić information content (AvgIpc) is 3.79. The SMILES string of the molecule is N#CC1CC2(CN1C(=O)C1C3C4CC(CC4F)C3CN1C(=O)c1cc3c(F)cc(F)cc3[nH]1)C(=O)Nc1ccccc12. The molecule has 0 radical (unpaired) electrons. The van der Waals surface area contributed by atoms with Gasteiger partial charge in [-0.2, -0.15) is 5.26 Å². The van der Waals surface area contributed by atoms with E-state index in [1.165, 1.54) is 15.9 Å². The van der Waals surface area contributed by atoms with Crippen molar-refractivity contribution in [2.75, 3.05) is 18.4 Å². The van der Waals surface area contributed by atoms with Crippen LogP contribution in [-0.2, 0) is 15.0 Å². The van der Waals surface area contributed by atoms with Gasteiger partial charge in [-0.3, -0.25) is 14.4 Å². The molecule has 3 aromatic rings. The van der Waals surface area contributed by atoms with E-state index in [2.05, 4.69) is 16.4 Å². The normalized spacial score (nSPS) is 34.2. The Labute approximate surface area is 238 Å². The van der Waals surface area contributed by atoms with Gasteiger partial charge in [-0.15, -0.1) is 0 Å². The lowest BCUT2D eigenvalue weighted by molar-refractivity contribution is -0.137. The van der Waals surface area contributed by atoms with Gasteiger partial charge in [0.05, 0.1) is 17.0 Å². The summed E-state index contributed by atoms with van der Waals surface area (Å²) in [6.07, 6.45) is 0.0462. The molecule has 2 saturated carbocycles. The molecule has 3 aliphatic heterocycles. The van der Waals surface area contributed by atoms with Crippen LogP contribution in [0.15, 0.2) is 42.5 Å². The van der Waals surface area contributed by atoms with Gasteiger partial charge < -0.3 is 20.1 Å². The van der Waals surface area contributed by atoms with Crippen molar-refractivity contribution in [3.63, 3.8) is 0 Å². The van der Waals surface area contributed by atoms with Crippen LogP contribution in [0.1, 0.15) is 35.3 Å². The number of para-hydroxylation sites is 1. The minimum atomic E-state index is -1.10. The monoisotopic (exact) mass is 573 g/mol. The number of carbonyl (C=O) groups is 3. The Hall–Kier alpha value is -4.33. The third kappa shape index (κ3) is 3.26. The van der Waals surface area contributed by atoms with Gasteiger partial charge in [0.1, 0.15) is 35.6 Å². The fraction of sp³-hybridized carbons (Fsp3) is 0.419. The van der Waals surface area contributed by atoms with Crippen LogP contribution in [0.2, 0.25) is 0 Å². The van der Waals surface area contributed by atoms with Crippen molar-refractivity contribution in [1.82, 2.24) is 14.8 Å². The highest BCUT2D eigenvalue weighted by atomic mass is 19.1. The van der Waals surface area contributed by atoms with Crippen molar-refractivity contribution in [2.24, 2.45) is 23.7 Å². The number of halogens is 3. The molecule has 42 heavy (non-hydrogen) atoms. The Morgan fingerprint density at radius 3 is 2.69 bits per heavy atom. The zero-order valence-corrected chi connectivity index (χ0v) is 22.3. The molecule has 11 heteroatoms. The summed E-state index contributed by atoms with van der Waals surface area (Å²) in [5.74, 6) is -3.84. The van der Waals surface area contributed by atoms with Gasteiger partial charge in [-0.1, -0.05) is 18.2 Å². The molecule has 1 spiro atoms. The molecule has 3 amide bonds. The van der Waals surface area contributed by atoms with E-state index in [0.717, 1.165) is 17.7 Å². The number of anilines is 1. The second-order valence-electron chi connectivity index (χ2n) is 12.5. The average molecular weight is 574 g/mol. The summed E-state index contributed by atoms with van der Waals surface area (Å²) in [5, 5.41) is 13.1. The van der Waals surface area contributed by atoms with Crippen molar-refractivity contribution < 1.29 is 27.6 Å². The molecule has 8 atom stereocenters. The standard InChI is InChI=1S/C31H26F3N5O3/c32-15-7-22(34)17-9-25(36-24(17)8-15)28(40)38-12-19-14-5-18(21(33)6-14)26(19)27(38)29(41)39-13-31(10-16(39)11-35)20-3-1-2-4-23(20)37-30(31)42/h1-4,7-9,14,16,18-19,21,26-27,36H,5-6,10,12-13H2,(H,37,42). The van der Waals surface area contributed by atoms with Crippen LogP contribution in [-0.4, -0.2) is 63.9 Å². The number of hydrogen-bond donors (Lipinski definition) is 2. The van der Waals surface area contributed by atoms with Crippen molar-refractivity contribution in [2.45, 2.75) is 42.9 Å². The molecule has 5 aliphatic rings. The summed E-state index contributed by atoms with van der Waals surface area (Å²) in [7, 11) is 0. The Bertz CT molecular complexity index is 1750. The Morgan fingerprint density at radius 2 is 1.88 bits per heavy atom. The number of hydrogen-bond acceptors (Lipinski definition) is 4. The van der Waals surface area contributed by atoms with Gasteiger partial charge >= 0.3 is 0 Å². The molecule has 8 unspecified atom stereocenters. The molecule has 2 aromatic carbocycles. The van der Waals surface area contributed by atoms with Crippen LogP contribution >= 0.6 is 0 Å². The molecule has 2 N–H and O–H groups in total. The van der Waals surface area contributed by atoms with Crippen LogP contribution < -0.4 is 5.32 Å². The maximum Gasteiger partial charge on any atom is 0.271 e. The molecule has 2 aliphatic carbocycles. The number of likely N-dealkylation sites (tertiary alicyclic amines) is 2. The first-order valence-electron chi connectivity index (χ1n) is 14.2. The second kappa shape index (κ2) is 8.60. The van der Waals surface area contributed by atoms with E-state index in [1.54, 1.807) is 18.2 Å². The number of nitrogens with zero attached hydrogens (tertiary/aromatic N) is 3. The molecule has 2 saturated heterocycles. The Kier molecular flexibility index (Phi) is 5.20. The number of rotatable bonds is 2. The first-order chi connectivity index (χ1) is 20.2. The van der Waals surface area contributed by atoms with E-state index in [4.69, 9.17) is 0 Å². The van der Waals surface area contributed by atoms with Gasteiger partial charge in [0.2, 0.25) is 11.8 Å². The number of carbonyl (C=O) groups excluding carboxylic acids is 3. The molecule has 4 fully saturated rings. The number of H-pyrrole nitrogens is 1. The first-order valence-corrected chi connectivity index (χ1v) is 14.2. The van der Waals surface area contributed by atoms with Gasteiger partial charge in [-0.05, 0) is 60.3 Å². The van der Waals surface area contributed by atoms with E-state index in [0.29, 0.717) is 18.5 Å². The highest BCUT2D eigenvalue weighted by Gasteiger charge is 2.65. The molecule has 214 valence electrons. The number of alkyl halides is 1. The van der Waals surface area contributed by atoms with Crippen LogP contribution in [0.25, 0.3) is 10.9 Å². The fourth-order valence-corrected chi connectivity index (χ4v) is 8.82. The van der Waals surface area contributed by atoms with Crippen molar-refractivity contribution >= 4 is 34.3 Å². The quantitative estimate of drug-likeness (QED) is 0.485. The maximum atomic E-state index is 15.1. The topological polar surface area (TPSA) is 109 Å². The number of benzene rings is 2. The summed E-state index contributed by atoms with van der Waals surface area (Å²) in [4.78, 5) is 47.4. The zero-order chi connectivity index (χ0) is 29.1. The summed E-state index contributed by atoms with van der Waals surface area (Å²) in [6, 6.07) is 10.6. The fourth-order valence-electron chi connectivity index (χ4n) is 8.82. The third-order valence-electron chi connectivity index (χ3n) is 10.6. The van der Waals surface area contributed by atoms with E-state index in [1.807, 2.05) is 6.07 Å². The predicted molar refractivity (Wildman–Crippen MR) is 144 cm³/mol. The Morgan fingerprint density at radius 1 is 1.07 bits per heavy atom. The molecular formula is C31H26F3N5O3. The lowest BCUT2D eigenvalue weighted by Crippen LogP contribution is -2.53. The maximum absolute atomic E-state index is 15.1. The van der Waals surface area contributed by atoms with Gasteiger partial charge in [0.15, 0.2) is 0 Å². The highest BCUT2D eigenvalue weighted by molar-refractivity contribution is 6.07. The molecule has 1 aromatic heterocycles. The van der Waals surface area contributed by atoms with Crippen molar-refractivity contribution in [3.05, 3.63) is 65.4 Å². The van der Waals surface area contributed by atoms with Gasteiger partial charge in [0.25, 0.3) is 5.91 Å². The summed E-state index contributed by atoms with van der Waals surface area (Å²) in [6.45, 7) is 0.187. The zero-order valence-electron chi connectivity index (χ0n) is 22.3. The number of aromatic nitrogens is 1. The molecule has 8 nitrogen and oxygen atoms in total. The summed E-state index contributed by atoms with van der Waals surface area (Å²) < 4.78 is 43.4. The third-order valence-corrected chi connectivity index (χ3v) is 10.6. The largest absolute Gasteiger partial charge is 0.350 e. The summed E-state index contributed by atoms with van der Waals surface area (Å²) in [5.41, 5.74) is 0.366. The van der Waals surface area contributed by atoms with Gasteiger partial charge in [-0.25, -0.2) is 13.2 Å². The second-order valence-corrected chi connectivity index (χ2v) is 12.5. The van der Waals surface area contributed by atoms with Crippen LogP contribution in [0.5, 0.6) is 0 Å². The number of aromatic amines is 1. The molecular weight excluding hydrogens is 547 g/mol. The van der Waals surface area contributed by atoms with E-state index >= 15 is 4.39 Å². The van der Waals surface area contributed by atoms with Crippen LogP contribution in [0.4, 0.5) is 18.9 Å². The minimum Gasteiger partial charge on any atom is -0.350 e. The van der Waals surface area contributed by atoms with E-state index < -0.39 is 59.0 Å². The first kappa shape index (κ1) is 25.4. The highest BCUT2D eigenvalue weighted by Crippen LogP contribution is 2.59. The van der Waals surface area contributed by atoms with Crippen molar-refractivity contribution in [1.29, 1.82) is 5.26 Å². The molecule has 2 bridgehead atoms. The predicted octanol–water partition coefficient (Wildman–Crippen LogP) is 3.90.